The fraction of sp³-hybridized carbons (Fsp3) is 0.632. The summed E-state index contributed by atoms with van der Waals surface area (Å²) in [4.78, 5) is 6.69. The number of nitrogens with one attached hydrogen (secondary N) is 2. The maximum atomic E-state index is 12.3. The normalized spacial score (nSPS) is 21.6. The van der Waals surface area contributed by atoms with E-state index >= 15 is 0 Å². The van der Waals surface area contributed by atoms with Crippen LogP contribution in [0.4, 0.5) is 13.2 Å². The van der Waals surface area contributed by atoms with E-state index in [-0.39, 0.29) is 5.75 Å². The van der Waals surface area contributed by atoms with Crippen LogP contribution >= 0.6 is 0 Å². The molecule has 0 bridgehead atoms. The first kappa shape index (κ1) is 21.3. The average molecular weight is 386 g/mol. The average Bonchev–Trinajstić information content (AvgIpc) is 2.97. The highest BCUT2D eigenvalue weighted by Crippen LogP contribution is 2.20. The third-order valence-electron chi connectivity index (χ3n) is 4.68. The minimum Gasteiger partial charge on any atom is -0.484 e. The van der Waals surface area contributed by atoms with E-state index in [4.69, 9.17) is 4.74 Å². The maximum Gasteiger partial charge on any atom is 0.422 e. The van der Waals surface area contributed by atoms with Crippen LogP contribution in [-0.4, -0.2) is 55.9 Å². The Morgan fingerprint density at radius 3 is 2.67 bits per heavy atom. The quantitative estimate of drug-likeness (QED) is 0.583. The third kappa shape index (κ3) is 6.93. The largest absolute Gasteiger partial charge is 0.484 e. The van der Waals surface area contributed by atoms with Gasteiger partial charge in [0.1, 0.15) is 5.75 Å². The molecule has 0 saturated carbocycles. The smallest absolute Gasteiger partial charge is 0.422 e. The second-order valence-electron chi connectivity index (χ2n) is 7.25. The third-order valence-corrected chi connectivity index (χ3v) is 4.68. The van der Waals surface area contributed by atoms with Gasteiger partial charge in [-0.1, -0.05) is 19.1 Å². The monoisotopic (exact) mass is 386 g/mol. The van der Waals surface area contributed by atoms with Gasteiger partial charge in [-0.25, -0.2) is 0 Å². The summed E-state index contributed by atoms with van der Waals surface area (Å²) in [6.07, 6.45) is -4.35. The number of alkyl halides is 3. The summed E-state index contributed by atoms with van der Waals surface area (Å²) in [5, 5.41) is 6.67. The summed E-state index contributed by atoms with van der Waals surface area (Å²) in [5.41, 5.74) is 0.820. The lowest BCUT2D eigenvalue weighted by molar-refractivity contribution is -0.153. The fourth-order valence-corrected chi connectivity index (χ4v) is 3.08. The fourth-order valence-electron chi connectivity index (χ4n) is 3.08. The zero-order chi connectivity index (χ0) is 20.0. The van der Waals surface area contributed by atoms with E-state index in [9.17, 15) is 13.2 Å². The molecule has 1 aliphatic heterocycles. The molecule has 5 nitrogen and oxygen atoms in total. The van der Waals surface area contributed by atoms with Crippen LogP contribution in [0.3, 0.4) is 0 Å². The Labute approximate surface area is 159 Å². The molecule has 0 amide bonds. The maximum absolute atomic E-state index is 12.3. The lowest BCUT2D eigenvalue weighted by Gasteiger charge is -2.22. The molecule has 1 aromatic rings. The van der Waals surface area contributed by atoms with Gasteiger partial charge in [-0.15, -0.1) is 0 Å². The molecule has 1 heterocycles. The van der Waals surface area contributed by atoms with Crippen molar-refractivity contribution < 1.29 is 17.9 Å². The topological polar surface area (TPSA) is 48.9 Å². The highest BCUT2D eigenvalue weighted by atomic mass is 19.4. The van der Waals surface area contributed by atoms with Crippen molar-refractivity contribution in [2.45, 2.75) is 45.6 Å². The molecule has 1 aromatic carbocycles. The first-order valence-electron chi connectivity index (χ1n) is 9.17. The van der Waals surface area contributed by atoms with E-state index in [1.807, 2.05) is 6.07 Å². The highest BCUT2D eigenvalue weighted by molar-refractivity contribution is 5.80. The molecule has 0 aromatic heterocycles. The predicted octanol–water partition coefficient (Wildman–Crippen LogP) is 3.02. The number of nitrogens with zero attached hydrogens (tertiary/aromatic N) is 2. The van der Waals surface area contributed by atoms with Crippen LogP contribution in [0.25, 0.3) is 0 Å². The summed E-state index contributed by atoms with van der Waals surface area (Å²) >= 11 is 0. The Hall–Kier alpha value is -1.96. The number of rotatable bonds is 6. The van der Waals surface area contributed by atoms with Crippen LogP contribution in [-0.2, 0) is 6.54 Å². The number of aliphatic imine (C=N–C) groups is 1. The number of hydrogen-bond acceptors (Lipinski definition) is 3. The van der Waals surface area contributed by atoms with Gasteiger partial charge in [-0.3, -0.25) is 9.89 Å². The molecule has 0 spiro atoms. The molecule has 0 aliphatic carbocycles. The minimum absolute atomic E-state index is 0.201. The van der Waals surface area contributed by atoms with Crippen LogP contribution in [0, 0.1) is 5.92 Å². The second-order valence-corrected chi connectivity index (χ2v) is 7.25. The second kappa shape index (κ2) is 9.30. The van der Waals surface area contributed by atoms with E-state index in [1.54, 1.807) is 19.2 Å². The van der Waals surface area contributed by atoms with E-state index < -0.39 is 12.8 Å². The molecule has 2 rings (SSSR count). The summed E-state index contributed by atoms with van der Waals surface area (Å²) < 4.78 is 41.6. The van der Waals surface area contributed by atoms with Crippen LogP contribution in [0.15, 0.2) is 29.3 Å². The Balaban J connectivity index is 1.87. The lowest BCUT2D eigenvalue weighted by atomic mass is 10.1. The van der Waals surface area contributed by atoms with Gasteiger partial charge in [0.25, 0.3) is 0 Å². The Morgan fingerprint density at radius 1 is 1.33 bits per heavy atom. The Bertz CT molecular complexity index is 634. The molecule has 0 radical (unpaired) electrons. The van der Waals surface area contributed by atoms with Crippen molar-refractivity contribution >= 4 is 5.96 Å². The number of halogens is 3. The molecule has 152 valence electrons. The molecule has 2 unspecified atom stereocenters. The number of guanidine groups is 1. The van der Waals surface area contributed by atoms with Gasteiger partial charge < -0.3 is 15.4 Å². The highest BCUT2D eigenvalue weighted by Gasteiger charge is 2.31. The molecule has 2 N–H and O–H groups in total. The molecular weight excluding hydrogens is 357 g/mol. The van der Waals surface area contributed by atoms with Gasteiger partial charge in [-0.05, 0) is 37.5 Å². The van der Waals surface area contributed by atoms with E-state index in [1.165, 1.54) is 6.07 Å². The van der Waals surface area contributed by atoms with Gasteiger partial charge in [0, 0.05) is 38.8 Å². The zero-order valence-electron chi connectivity index (χ0n) is 16.3. The van der Waals surface area contributed by atoms with Crippen molar-refractivity contribution in [1.29, 1.82) is 0 Å². The van der Waals surface area contributed by atoms with E-state index in [2.05, 4.69) is 41.3 Å². The zero-order valence-corrected chi connectivity index (χ0v) is 16.3. The number of benzene rings is 1. The number of hydrogen-bond donors (Lipinski definition) is 2. The van der Waals surface area contributed by atoms with E-state index in [0.29, 0.717) is 30.5 Å². The van der Waals surface area contributed by atoms with Gasteiger partial charge in [0.05, 0.1) is 0 Å². The van der Waals surface area contributed by atoms with Crippen molar-refractivity contribution in [3.63, 3.8) is 0 Å². The number of likely N-dealkylation sites (tertiary alicyclic amines) is 1. The first-order valence-corrected chi connectivity index (χ1v) is 9.17. The first-order chi connectivity index (χ1) is 12.7. The lowest BCUT2D eigenvalue weighted by Crippen LogP contribution is -2.46. The standard InChI is InChI=1S/C19H29F3N4O/c1-13(2)26-10-14(3)17(11-26)25-18(23-4)24-9-15-6-5-7-16(8-15)27-12-19(20,21)22/h5-8,13-14,17H,9-12H2,1-4H3,(H2,23,24,25). The van der Waals surface area contributed by atoms with Gasteiger partial charge in [0.2, 0.25) is 0 Å². The number of ether oxygens (including phenoxy) is 1. The van der Waals surface area contributed by atoms with Gasteiger partial charge in [-0.2, -0.15) is 13.2 Å². The van der Waals surface area contributed by atoms with Crippen LogP contribution in [0.5, 0.6) is 5.75 Å². The molecule has 1 saturated heterocycles. The summed E-state index contributed by atoms with van der Waals surface area (Å²) in [7, 11) is 1.71. The SMILES string of the molecule is CN=C(NCc1cccc(OCC(F)(F)F)c1)NC1CN(C(C)C)CC1C. The molecule has 1 aliphatic rings. The summed E-state index contributed by atoms with van der Waals surface area (Å²) in [5.74, 6) is 1.38. The predicted molar refractivity (Wildman–Crippen MR) is 101 cm³/mol. The van der Waals surface area contributed by atoms with Crippen LogP contribution in [0.2, 0.25) is 0 Å². The molecule has 1 fully saturated rings. The van der Waals surface area contributed by atoms with Crippen molar-refractivity contribution in [2.75, 3.05) is 26.7 Å². The van der Waals surface area contributed by atoms with Gasteiger partial charge in [0.15, 0.2) is 12.6 Å². The summed E-state index contributed by atoms with van der Waals surface area (Å²) in [6.45, 7) is 7.75. The van der Waals surface area contributed by atoms with E-state index in [0.717, 1.165) is 18.7 Å². The van der Waals surface area contributed by atoms with Crippen molar-refractivity contribution in [3.8, 4) is 5.75 Å². The molecule has 27 heavy (non-hydrogen) atoms. The Morgan fingerprint density at radius 2 is 2.07 bits per heavy atom. The molecule has 8 heteroatoms. The summed E-state index contributed by atoms with van der Waals surface area (Å²) in [6, 6.07) is 7.44. The van der Waals surface area contributed by atoms with Gasteiger partial charge >= 0.3 is 6.18 Å². The van der Waals surface area contributed by atoms with Crippen LogP contribution in [0.1, 0.15) is 26.3 Å². The van der Waals surface area contributed by atoms with Crippen molar-refractivity contribution in [3.05, 3.63) is 29.8 Å². The molecule has 2 atom stereocenters. The molecular formula is C19H29F3N4O. The van der Waals surface area contributed by atoms with Crippen molar-refractivity contribution in [2.24, 2.45) is 10.9 Å². The van der Waals surface area contributed by atoms with Crippen LogP contribution < -0.4 is 15.4 Å². The minimum atomic E-state index is -4.35. The Kier molecular flexibility index (Phi) is 7.35. The van der Waals surface area contributed by atoms with Crippen molar-refractivity contribution in [1.82, 2.24) is 15.5 Å².